The summed E-state index contributed by atoms with van der Waals surface area (Å²) in [6.07, 6.45) is 11.3. The second-order valence-corrected chi connectivity index (χ2v) is 5.64. The lowest BCUT2D eigenvalue weighted by Crippen LogP contribution is -2.24. The molecule has 2 nitrogen and oxygen atoms in total. The van der Waals surface area contributed by atoms with Gasteiger partial charge in [0.1, 0.15) is 0 Å². The van der Waals surface area contributed by atoms with Crippen LogP contribution >= 0.6 is 0 Å². The highest BCUT2D eigenvalue weighted by molar-refractivity contribution is 5.18. The fraction of sp³-hybridized carbons (Fsp3) is 0.688. The van der Waals surface area contributed by atoms with E-state index in [2.05, 4.69) is 18.0 Å². The first-order valence-electron chi connectivity index (χ1n) is 7.36. The van der Waals surface area contributed by atoms with Crippen molar-refractivity contribution in [3.63, 3.8) is 0 Å². The van der Waals surface area contributed by atoms with Crippen molar-refractivity contribution in [2.45, 2.75) is 64.4 Å². The molecule has 1 atom stereocenters. The molecule has 0 spiro atoms. The summed E-state index contributed by atoms with van der Waals surface area (Å²) in [6, 6.07) is 4.04. The summed E-state index contributed by atoms with van der Waals surface area (Å²) in [5.41, 5.74) is 2.26. The molecule has 0 saturated heterocycles. The van der Waals surface area contributed by atoms with Crippen LogP contribution in [0.25, 0.3) is 0 Å². The molecule has 1 aromatic heterocycles. The molecule has 0 bridgehead atoms. The molecule has 0 aliphatic heterocycles. The molecule has 1 aliphatic carbocycles. The summed E-state index contributed by atoms with van der Waals surface area (Å²) < 4.78 is 0. The predicted octanol–water partition coefficient (Wildman–Crippen LogP) is 3.65. The lowest BCUT2D eigenvalue weighted by Gasteiger charge is -2.25. The van der Waals surface area contributed by atoms with E-state index in [-0.39, 0.29) is 6.10 Å². The van der Waals surface area contributed by atoms with Crippen molar-refractivity contribution >= 4 is 0 Å². The molecule has 1 heterocycles. The molecule has 0 amide bonds. The summed E-state index contributed by atoms with van der Waals surface area (Å²) in [6.45, 7) is 2.08. The van der Waals surface area contributed by atoms with Crippen molar-refractivity contribution in [3.05, 3.63) is 29.6 Å². The molecule has 1 aliphatic rings. The number of nitrogens with zero attached hydrogens (tertiary/aromatic N) is 1. The Morgan fingerprint density at radius 3 is 2.56 bits per heavy atom. The van der Waals surface area contributed by atoms with Crippen LogP contribution in [0.15, 0.2) is 18.3 Å². The quantitative estimate of drug-likeness (QED) is 0.884. The van der Waals surface area contributed by atoms with Crippen LogP contribution in [0, 0.1) is 12.8 Å². The van der Waals surface area contributed by atoms with Gasteiger partial charge < -0.3 is 5.11 Å². The van der Waals surface area contributed by atoms with Crippen molar-refractivity contribution in [2.24, 2.45) is 5.92 Å². The first-order chi connectivity index (χ1) is 8.77. The summed E-state index contributed by atoms with van der Waals surface area (Å²) >= 11 is 0. The third kappa shape index (κ3) is 3.81. The third-order valence-electron chi connectivity index (χ3n) is 4.21. The van der Waals surface area contributed by atoms with E-state index in [9.17, 15) is 5.11 Å². The molecule has 1 fully saturated rings. The van der Waals surface area contributed by atoms with Crippen molar-refractivity contribution < 1.29 is 5.11 Å². The molecule has 1 aromatic rings. The maximum Gasteiger partial charge on any atom is 0.0623 e. The molecule has 0 radical (unpaired) electrons. The predicted molar refractivity (Wildman–Crippen MR) is 74.5 cm³/mol. The Morgan fingerprint density at radius 1 is 1.22 bits per heavy atom. The van der Waals surface area contributed by atoms with Gasteiger partial charge in [-0.25, -0.2) is 0 Å². The fourth-order valence-corrected chi connectivity index (χ4v) is 2.97. The zero-order valence-electron chi connectivity index (χ0n) is 11.4. The molecular formula is C16H25NO. The van der Waals surface area contributed by atoms with Crippen LogP contribution in [0.4, 0.5) is 0 Å². The first kappa shape index (κ1) is 13.5. The van der Waals surface area contributed by atoms with Crippen molar-refractivity contribution in [1.82, 2.24) is 4.98 Å². The van der Waals surface area contributed by atoms with Crippen molar-refractivity contribution in [2.75, 3.05) is 0 Å². The highest BCUT2D eigenvalue weighted by Crippen LogP contribution is 2.26. The molecule has 0 aromatic carbocycles. The monoisotopic (exact) mass is 247 g/mol. The van der Waals surface area contributed by atoms with E-state index in [1.165, 1.54) is 50.5 Å². The SMILES string of the molecule is Cc1cccnc1CC(O)C1CCCCCCC1. The van der Waals surface area contributed by atoms with Crippen LogP contribution in [0.2, 0.25) is 0 Å². The average Bonchev–Trinajstić information content (AvgIpc) is 2.31. The minimum atomic E-state index is -0.211. The highest BCUT2D eigenvalue weighted by Gasteiger charge is 2.21. The van der Waals surface area contributed by atoms with E-state index in [0.29, 0.717) is 5.92 Å². The first-order valence-corrected chi connectivity index (χ1v) is 7.36. The lowest BCUT2D eigenvalue weighted by molar-refractivity contribution is 0.0903. The van der Waals surface area contributed by atoms with Crippen LogP contribution in [0.3, 0.4) is 0 Å². The Morgan fingerprint density at radius 2 is 1.89 bits per heavy atom. The minimum absolute atomic E-state index is 0.211. The number of hydrogen-bond donors (Lipinski definition) is 1. The summed E-state index contributed by atoms with van der Waals surface area (Å²) in [7, 11) is 0. The third-order valence-corrected chi connectivity index (χ3v) is 4.21. The second kappa shape index (κ2) is 6.89. The normalized spacial score (nSPS) is 20.1. The van der Waals surface area contributed by atoms with Gasteiger partial charge >= 0.3 is 0 Å². The van der Waals surface area contributed by atoms with Gasteiger partial charge in [-0.1, -0.05) is 38.2 Å². The molecule has 1 unspecified atom stereocenters. The molecule has 1 N–H and O–H groups in total. The number of pyridine rings is 1. The van der Waals surface area contributed by atoms with Crippen LogP contribution in [0.5, 0.6) is 0 Å². The number of aliphatic hydroxyl groups excluding tert-OH is 1. The van der Waals surface area contributed by atoms with Gasteiger partial charge in [-0.05, 0) is 37.3 Å². The van der Waals surface area contributed by atoms with Gasteiger partial charge in [0.05, 0.1) is 6.10 Å². The number of aliphatic hydroxyl groups is 1. The number of hydrogen-bond acceptors (Lipinski definition) is 2. The Bertz CT molecular complexity index is 356. The van der Waals surface area contributed by atoms with Gasteiger partial charge in [0, 0.05) is 18.3 Å². The van der Waals surface area contributed by atoms with E-state index >= 15 is 0 Å². The topological polar surface area (TPSA) is 33.1 Å². The fourth-order valence-electron chi connectivity index (χ4n) is 2.97. The van der Waals surface area contributed by atoms with Crippen molar-refractivity contribution in [3.8, 4) is 0 Å². The van der Waals surface area contributed by atoms with Crippen molar-refractivity contribution in [1.29, 1.82) is 0 Å². The molecule has 18 heavy (non-hydrogen) atoms. The molecular weight excluding hydrogens is 222 g/mol. The van der Waals surface area contributed by atoms with Gasteiger partial charge in [-0.3, -0.25) is 4.98 Å². The van der Waals surface area contributed by atoms with Crippen LogP contribution in [0.1, 0.15) is 56.2 Å². The largest absolute Gasteiger partial charge is 0.392 e. The van der Waals surface area contributed by atoms with Gasteiger partial charge in [0.25, 0.3) is 0 Å². The Balaban J connectivity index is 1.93. The number of rotatable bonds is 3. The minimum Gasteiger partial charge on any atom is -0.392 e. The van der Waals surface area contributed by atoms with Crippen LogP contribution in [-0.2, 0) is 6.42 Å². The molecule has 1 saturated carbocycles. The number of aromatic nitrogens is 1. The van der Waals surface area contributed by atoms with E-state index in [4.69, 9.17) is 0 Å². The van der Waals surface area contributed by atoms with Gasteiger partial charge in [0.15, 0.2) is 0 Å². The number of aryl methyl sites for hydroxylation is 1. The summed E-state index contributed by atoms with van der Waals surface area (Å²) in [5, 5.41) is 10.4. The van der Waals surface area contributed by atoms with Gasteiger partial charge in [0.2, 0.25) is 0 Å². The second-order valence-electron chi connectivity index (χ2n) is 5.64. The molecule has 2 rings (SSSR count). The maximum absolute atomic E-state index is 10.4. The summed E-state index contributed by atoms with van der Waals surface area (Å²) in [4.78, 5) is 4.40. The Hall–Kier alpha value is -0.890. The average molecular weight is 247 g/mol. The molecule has 100 valence electrons. The highest BCUT2D eigenvalue weighted by atomic mass is 16.3. The zero-order chi connectivity index (χ0) is 12.8. The summed E-state index contributed by atoms with van der Waals surface area (Å²) in [5.74, 6) is 0.478. The van der Waals surface area contributed by atoms with E-state index in [1.54, 1.807) is 0 Å². The Labute approximate surface area is 110 Å². The van der Waals surface area contributed by atoms with Gasteiger partial charge in [-0.15, -0.1) is 0 Å². The smallest absolute Gasteiger partial charge is 0.0623 e. The van der Waals surface area contributed by atoms with E-state index in [0.717, 1.165) is 12.1 Å². The van der Waals surface area contributed by atoms with E-state index < -0.39 is 0 Å². The maximum atomic E-state index is 10.4. The standard InChI is InChI=1S/C16H25NO/c1-13-8-7-11-17-15(13)12-16(18)14-9-5-3-2-4-6-10-14/h7-8,11,14,16,18H,2-6,9-10,12H2,1H3. The van der Waals surface area contributed by atoms with Crippen LogP contribution in [-0.4, -0.2) is 16.2 Å². The van der Waals surface area contributed by atoms with E-state index in [1.807, 2.05) is 12.3 Å². The zero-order valence-corrected chi connectivity index (χ0v) is 11.4. The lowest BCUT2D eigenvalue weighted by atomic mass is 9.85. The Kier molecular flexibility index (Phi) is 5.18. The van der Waals surface area contributed by atoms with Crippen LogP contribution < -0.4 is 0 Å². The van der Waals surface area contributed by atoms with Gasteiger partial charge in [-0.2, -0.15) is 0 Å². The molecule has 2 heteroatoms.